The van der Waals surface area contributed by atoms with Gasteiger partial charge in [0.15, 0.2) is 0 Å². The number of rotatable bonds is 1. The molecule has 3 atom stereocenters. The van der Waals surface area contributed by atoms with E-state index < -0.39 is 0 Å². The molecule has 0 spiro atoms. The zero-order valence-corrected chi connectivity index (χ0v) is 9.29. The lowest BCUT2D eigenvalue weighted by Gasteiger charge is -2.36. The Labute approximate surface area is 85.6 Å². The van der Waals surface area contributed by atoms with E-state index in [1.165, 1.54) is 6.42 Å². The maximum absolute atomic E-state index is 11.3. The molecule has 0 saturated carbocycles. The molecule has 2 aliphatic rings. The number of nitrogens with two attached hydrogens (primary N) is 1. The molecule has 2 aliphatic heterocycles. The largest absolute Gasteiger partial charge is 0.369 e. The second-order valence-corrected chi connectivity index (χ2v) is 5.62. The van der Waals surface area contributed by atoms with Crippen molar-refractivity contribution in [2.75, 3.05) is 0 Å². The highest BCUT2D eigenvalue weighted by molar-refractivity contribution is 5.78. The molecule has 2 bridgehead atoms. The third-order valence-electron chi connectivity index (χ3n) is 3.68. The van der Waals surface area contributed by atoms with E-state index in [-0.39, 0.29) is 17.4 Å². The quantitative estimate of drug-likeness (QED) is 0.683. The molecule has 3 heteroatoms. The summed E-state index contributed by atoms with van der Waals surface area (Å²) in [5.41, 5.74) is 5.60. The number of nitrogens with zero attached hydrogens (tertiary/aromatic N) is 1. The maximum Gasteiger partial charge on any atom is 0.222 e. The Morgan fingerprint density at radius 3 is 2.36 bits per heavy atom. The van der Waals surface area contributed by atoms with Gasteiger partial charge in [-0.3, -0.25) is 9.69 Å². The number of primary amides is 1. The monoisotopic (exact) mass is 196 g/mol. The molecule has 2 saturated heterocycles. The van der Waals surface area contributed by atoms with Crippen LogP contribution in [0, 0.1) is 5.92 Å². The minimum Gasteiger partial charge on any atom is -0.369 e. The highest BCUT2D eigenvalue weighted by atomic mass is 16.1. The summed E-state index contributed by atoms with van der Waals surface area (Å²) < 4.78 is 0. The van der Waals surface area contributed by atoms with Gasteiger partial charge in [-0.05, 0) is 40.0 Å². The SMILES string of the molecule is CC(C)(C)N1C2CCC1C(C(N)=O)C2. The molecule has 0 aromatic carbocycles. The lowest BCUT2D eigenvalue weighted by atomic mass is 9.89. The first-order valence-corrected chi connectivity index (χ1v) is 5.49. The lowest BCUT2D eigenvalue weighted by molar-refractivity contribution is -0.122. The molecule has 2 rings (SSSR count). The summed E-state index contributed by atoms with van der Waals surface area (Å²) in [5, 5.41) is 0. The smallest absolute Gasteiger partial charge is 0.222 e. The Kier molecular flexibility index (Phi) is 2.11. The lowest BCUT2D eigenvalue weighted by Crippen LogP contribution is -2.46. The van der Waals surface area contributed by atoms with E-state index in [0.717, 1.165) is 12.8 Å². The van der Waals surface area contributed by atoms with Crippen molar-refractivity contribution in [2.45, 2.75) is 57.7 Å². The fourth-order valence-corrected chi connectivity index (χ4v) is 3.34. The summed E-state index contributed by atoms with van der Waals surface area (Å²) in [6.45, 7) is 6.67. The Morgan fingerprint density at radius 2 is 2.00 bits per heavy atom. The molecule has 0 aromatic heterocycles. The summed E-state index contributed by atoms with van der Waals surface area (Å²) in [7, 11) is 0. The van der Waals surface area contributed by atoms with Crippen LogP contribution in [0.3, 0.4) is 0 Å². The Bertz CT molecular complexity index is 257. The highest BCUT2D eigenvalue weighted by Crippen LogP contribution is 2.45. The minimum atomic E-state index is -0.105. The molecule has 0 radical (unpaired) electrons. The van der Waals surface area contributed by atoms with Crippen molar-refractivity contribution in [1.82, 2.24) is 4.90 Å². The zero-order chi connectivity index (χ0) is 10.5. The van der Waals surface area contributed by atoms with Crippen molar-refractivity contribution in [3.63, 3.8) is 0 Å². The van der Waals surface area contributed by atoms with Crippen LogP contribution >= 0.6 is 0 Å². The summed E-state index contributed by atoms with van der Waals surface area (Å²) in [6.07, 6.45) is 3.37. The van der Waals surface area contributed by atoms with Gasteiger partial charge in [-0.25, -0.2) is 0 Å². The third kappa shape index (κ3) is 1.34. The van der Waals surface area contributed by atoms with E-state index in [2.05, 4.69) is 25.7 Å². The van der Waals surface area contributed by atoms with Gasteiger partial charge in [-0.1, -0.05) is 0 Å². The Morgan fingerprint density at radius 1 is 1.36 bits per heavy atom. The number of fused-ring (bicyclic) bond motifs is 2. The van der Waals surface area contributed by atoms with E-state index >= 15 is 0 Å². The molecule has 14 heavy (non-hydrogen) atoms. The second kappa shape index (κ2) is 2.96. The van der Waals surface area contributed by atoms with Gasteiger partial charge in [0, 0.05) is 17.6 Å². The fourth-order valence-electron chi connectivity index (χ4n) is 3.34. The standard InChI is InChI=1S/C11H20N2O/c1-11(2,3)13-7-4-5-9(13)8(6-7)10(12)14/h7-9H,4-6H2,1-3H3,(H2,12,14). The molecular formula is C11H20N2O. The average molecular weight is 196 g/mol. The molecule has 1 amide bonds. The minimum absolute atomic E-state index is 0.105. The molecule has 0 aliphatic carbocycles. The Balaban J connectivity index is 2.20. The normalized spacial score (nSPS) is 37.8. The van der Waals surface area contributed by atoms with E-state index in [4.69, 9.17) is 5.73 Å². The first kappa shape index (κ1) is 9.97. The molecule has 2 heterocycles. The average Bonchev–Trinajstić information content (AvgIpc) is 2.57. The fraction of sp³-hybridized carbons (Fsp3) is 0.909. The van der Waals surface area contributed by atoms with E-state index in [1.807, 2.05) is 0 Å². The number of carbonyl (C=O) groups is 1. The van der Waals surface area contributed by atoms with Crippen molar-refractivity contribution < 1.29 is 4.79 Å². The molecule has 3 unspecified atom stereocenters. The number of hydrogen-bond donors (Lipinski definition) is 1. The van der Waals surface area contributed by atoms with Gasteiger partial charge >= 0.3 is 0 Å². The molecular weight excluding hydrogens is 176 g/mol. The highest BCUT2D eigenvalue weighted by Gasteiger charge is 2.51. The van der Waals surface area contributed by atoms with Crippen molar-refractivity contribution in [3.05, 3.63) is 0 Å². The first-order chi connectivity index (χ1) is 6.41. The predicted octanol–water partition coefficient (Wildman–Crippen LogP) is 1.12. The van der Waals surface area contributed by atoms with Gasteiger partial charge in [0.2, 0.25) is 5.91 Å². The van der Waals surface area contributed by atoms with Crippen LogP contribution < -0.4 is 5.73 Å². The van der Waals surface area contributed by atoms with Crippen LogP contribution in [0.2, 0.25) is 0 Å². The number of hydrogen-bond acceptors (Lipinski definition) is 2. The third-order valence-corrected chi connectivity index (χ3v) is 3.68. The molecule has 0 aromatic rings. The Hall–Kier alpha value is -0.570. The summed E-state index contributed by atoms with van der Waals surface area (Å²) >= 11 is 0. The van der Waals surface area contributed by atoms with Gasteiger partial charge in [-0.2, -0.15) is 0 Å². The number of amides is 1. The van der Waals surface area contributed by atoms with Crippen LogP contribution in [0.15, 0.2) is 0 Å². The van der Waals surface area contributed by atoms with Crippen LogP contribution in [0.4, 0.5) is 0 Å². The predicted molar refractivity (Wildman–Crippen MR) is 55.7 cm³/mol. The van der Waals surface area contributed by atoms with Crippen molar-refractivity contribution in [1.29, 1.82) is 0 Å². The first-order valence-electron chi connectivity index (χ1n) is 5.49. The van der Waals surface area contributed by atoms with E-state index in [1.54, 1.807) is 0 Å². The van der Waals surface area contributed by atoms with Crippen molar-refractivity contribution in [3.8, 4) is 0 Å². The van der Waals surface area contributed by atoms with Gasteiger partial charge in [-0.15, -0.1) is 0 Å². The van der Waals surface area contributed by atoms with Crippen LogP contribution in [0.1, 0.15) is 40.0 Å². The maximum atomic E-state index is 11.3. The van der Waals surface area contributed by atoms with Crippen LogP contribution in [0.5, 0.6) is 0 Å². The van der Waals surface area contributed by atoms with E-state index in [0.29, 0.717) is 12.1 Å². The zero-order valence-electron chi connectivity index (χ0n) is 9.29. The van der Waals surface area contributed by atoms with Crippen LogP contribution in [0.25, 0.3) is 0 Å². The van der Waals surface area contributed by atoms with Gasteiger partial charge < -0.3 is 5.73 Å². The summed E-state index contributed by atoms with van der Waals surface area (Å²) in [6, 6.07) is 1.01. The van der Waals surface area contributed by atoms with Crippen molar-refractivity contribution >= 4 is 5.91 Å². The van der Waals surface area contributed by atoms with Gasteiger partial charge in [0.1, 0.15) is 0 Å². The molecule has 2 N–H and O–H groups in total. The molecule has 3 nitrogen and oxygen atoms in total. The van der Waals surface area contributed by atoms with Gasteiger partial charge in [0.25, 0.3) is 0 Å². The van der Waals surface area contributed by atoms with Gasteiger partial charge in [0.05, 0.1) is 5.92 Å². The summed E-state index contributed by atoms with van der Waals surface area (Å²) in [5.74, 6) is -0.000532. The van der Waals surface area contributed by atoms with Crippen LogP contribution in [-0.2, 0) is 4.79 Å². The summed E-state index contributed by atoms with van der Waals surface area (Å²) in [4.78, 5) is 13.8. The van der Waals surface area contributed by atoms with Crippen molar-refractivity contribution in [2.24, 2.45) is 11.7 Å². The van der Waals surface area contributed by atoms with E-state index in [9.17, 15) is 4.79 Å². The number of carbonyl (C=O) groups excluding carboxylic acids is 1. The molecule has 2 fully saturated rings. The van der Waals surface area contributed by atoms with Crippen LogP contribution in [-0.4, -0.2) is 28.4 Å². The second-order valence-electron chi connectivity index (χ2n) is 5.62. The molecule has 80 valence electrons. The topological polar surface area (TPSA) is 46.3 Å².